The lowest BCUT2D eigenvalue weighted by Crippen LogP contribution is -2.46. The summed E-state index contributed by atoms with van der Waals surface area (Å²) in [6, 6.07) is 1.73. The number of amides is 3. The molecule has 17 heavy (non-hydrogen) atoms. The van der Waals surface area contributed by atoms with E-state index in [0.29, 0.717) is 6.54 Å². The smallest absolute Gasteiger partial charge is 0.319 e. The van der Waals surface area contributed by atoms with Gasteiger partial charge in [-0.3, -0.25) is 9.69 Å². The summed E-state index contributed by atoms with van der Waals surface area (Å²) < 4.78 is 0. The van der Waals surface area contributed by atoms with E-state index in [1.54, 1.807) is 11.3 Å². The zero-order chi connectivity index (χ0) is 12.0. The molecular weight excluding hydrogens is 236 g/mol. The number of aryl methyl sites for hydroxylation is 1. The van der Waals surface area contributed by atoms with Gasteiger partial charge < -0.3 is 5.32 Å². The van der Waals surface area contributed by atoms with Crippen LogP contribution in [-0.4, -0.2) is 23.4 Å². The van der Waals surface area contributed by atoms with E-state index in [9.17, 15) is 9.59 Å². The second kappa shape index (κ2) is 3.57. The van der Waals surface area contributed by atoms with Gasteiger partial charge in [0.25, 0.3) is 5.91 Å². The molecule has 2 aliphatic rings. The number of imide groups is 1. The Morgan fingerprint density at radius 1 is 1.53 bits per heavy atom. The molecule has 1 N–H and O–H groups in total. The number of likely N-dealkylation sites (N-methyl/N-ethyl adjacent to an activating group) is 1. The van der Waals surface area contributed by atoms with Gasteiger partial charge in [-0.05, 0) is 37.6 Å². The van der Waals surface area contributed by atoms with Gasteiger partial charge in [-0.2, -0.15) is 0 Å². The number of nitrogens with zero attached hydrogens (tertiary/aromatic N) is 1. The Balaban J connectivity index is 2.11. The topological polar surface area (TPSA) is 49.4 Å². The Morgan fingerprint density at radius 2 is 2.35 bits per heavy atom. The largest absolute Gasteiger partial charge is 0.325 e. The molecular formula is C12H14N2O2S. The van der Waals surface area contributed by atoms with Gasteiger partial charge in [-0.15, -0.1) is 11.3 Å². The van der Waals surface area contributed by atoms with Crippen LogP contribution >= 0.6 is 11.3 Å². The average Bonchev–Trinajstić information content (AvgIpc) is 2.86. The number of carbonyl (C=O) groups is 2. The van der Waals surface area contributed by atoms with Crippen molar-refractivity contribution in [3.8, 4) is 0 Å². The van der Waals surface area contributed by atoms with E-state index in [1.807, 2.05) is 18.4 Å². The molecule has 1 aliphatic carbocycles. The number of carbonyl (C=O) groups excluding carboxylic acids is 2. The molecule has 0 radical (unpaired) electrons. The molecule has 4 nitrogen and oxygen atoms in total. The molecule has 1 spiro atoms. The molecule has 2 heterocycles. The average molecular weight is 250 g/mol. The van der Waals surface area contributed by atoms with E-state index in [-0.39, 0.29) is 11.9 Å². The minimum atomic E-state index is -0.763. The molecule has 5 heteroatoms. The standard InChI is InChI=1S/C12H14N2O2S/c1-2-14-10(15)12(13-11(14)16)6-3-4-9-8(12)5-7-17-9/h5,7H,2-4,6H2,1H3,(H,13,16). The van der Waals surface area contributed by atoms with Gasteiger partial charge in [0.1, 0.15) is 5.54 Å². The second-order valence-corrected chi connectivity index (χ2v) is 5.50. The van der Waals surface area contributed by atoms with Crippen molar-refractivity contribution >= 4 is 23.3 Å². The predicted molar refractivity (Wildman–Crippen MR) is 64.9 cm³/mol. The summed E-state index contributed by atoms with van der Waals surface area (Å²) in [7, 11) is 0. The van der Waals surface area contributed by atoms with E-state index >= 15 is 0 Å². The van der Waals surface area contributed by atoms with Crippen molar-refractivity contribution in [2.75, 3.05) is 6.54 Å². The van der Waals surface area contributed by atoms with Crippen LogP contribution in [0.15, 0.2) is 11.4 Å². The summed E-state index contributed by atoms with van der Waals surface area (Å²) in [5, 5.41) is 4.91. The highest BCUT2D eigenvalue weighted by molar-refractivity contribution is 7.10. The molecule has 1 aliphatic heterocycles. The number of nitrogens with one attached hydrogen (secondary N) is 1. The number of urea groups is 1. The molecule has 3 amide bonds. The Kier molecular flexibility index (Phi) is 2.26. The van der Waals surface area contributed by atoms with Crippen LogP contribution in [0.3, 0.4) is 0 Å². The highest BCUT2D eigenvalue weighted by Gasteiger charge is 2.53. The fourth-order valence-electron chi connectivity index (χ4n) is 2.83. The Labute approximate surface area is 104 Å². The molecule has 1 atom stereocenters. The van der Waals surface area contributed by atoms with Crippen molar-refractivity contribution in [1.29, 1.82) is 0 Å². The van der Waals surface area contributed by atoms with Crippen LogP contribution in [0.2, 0.25) is 0 Å². The Bertz CT molecular complexity index is 496. The number of thiophene rings is 1. The van der Waals surface area contributed by atoms with Gasteiger partial charge in [0, 0.05) is 17.0 Å². The van der Waals surface area contributed by atoms with Crippen molar-refractivity contribution in [3.63, 3.8) is 0 Å². The molecule has 1 saturated heterocycles. The number of rotatable bonds is 1. The van der Waals surface area contributed by atoms with Crippen LogP contribution in [0.25, 0.3) is 0 Å². The highest BCUT2D eigenvalue weighted by atomic mass is 32.1. The van der Waals surface area contributed by atoms with Gasteiger partial charge in [0.15, 0.2) is 0 Å². The molecule has 0 saturated carbocycles. The lowest BCUT2D eigenvalue weighted by molar-refractivity contribution is -0.132. The first-order chi connectivity index (χ1) is 8.19. The van der Waals surface area contributed by atoms with Crippen LogP contribution < -0.4 is 5.32 Å². The number of hydrogen-bond donors (Lipinski definition) is 1. The molecule has 1 fully saturated rings. The first kappa shape index (κ1) is 10.8. The normalized spacial score (nSPS) is 27.5. The lowest BCUT2D eigenvalue weighted by atomic mass is 9.80. The number of fused-ring (bicyclic) bond motifs is 2. The maximum absolute atomic E-state index is 12.4. The minimum Gasteiger partial charge on any atom is -0.319 e. The van der Waals surface area contributed by atoms with Gasteiger partial charge in [-0.1, -0.05) is 0 Å². The van der Waals surface area contributed by atoms with Crippen molar-refractivity contribution in [2.24, 2.45) is 0 Å². The highest BCUT2D eigenvalue weighted by Crippen LogP contribution is 2.41. The first-order valence-electron chi connectivity index (χ1n) is 5.90. The molecule has 1 aromatic heterocycles. The summed E-state index contributed by atoms with van der Waals surface area (Å²) in [5.74, 6) is -0.0793. The number of hydrogen-bond acceptors (Lipinski definition) is 3. The molecule has 1 aromatic rings. The fraction of sp³-hybridized carbons (Fsp3) is 0.500. The maximum Gasteiger partial charge on any atom is 0.325 e. The molecule has 90 valence electrons. The molecule has 1 unspecified atom stereocenters. The van der Waals surface area contributed by atoms with Crippen LogP contribution in [0.4, 0.5) is 4.79 Å². The molecule has 3 rings (SSSR count). The monoisotopic (exact) mass is 250 g/mol. The fourth-order valence-corrected chi connectivity index (χ4v) is 3.83. The summed E-state index contributed by atoms with van der Waals surface area (Å²) in [6.45, 7) is 2.26. The zero-order valence-corrected chi connectivity index (χ0v) is 10.5. The summed E-state index contributed by atoms with van der Waals surface area (Å²) in [6.07, 6.45) is 2.69. The predicted octanol–water partition coefficient (Wildman–Crippen LogP) is 1.85. The van der Waals surface area contributed by atoms with Gasteiger partial charge in [-0.25, -0.2) is 4.79 Å². The maximum atomic E-state index is 12.4. The van der Waals surface area contributed by atoms with Gasteiger partial charge in [0.2, 0.25) is 0 Å². The quantitative estimate of drug-likeness (QED) is 0.773. The SMILES string of the molecule is CCN1C(=O)NC2(CCCc3sccc32)C1=O. The van der Waals surface area contributed by atoms with Crippen molar-refractivity contribution in [3.05, 3.63) is 21.9 Å². The van der Waals surface area contributed by atoms with Crippen LogP contribution in [0.5, 0.6) is 0 Å². The first-order valence-corrected chi connectivity index (χ1v) is 6.78. The third-order valence-electron chi connectivity index (χ3n) is 3.65. The van der Waals surface area contributed by atoms with E-state index in [2.05, 4.69) is 5.32 Å². The van der Waals surface area contributed by atoms with E-state index in [0.717, 1.165) is 24.8 Å². The van der Waals surface area contributed by atoms with Gasteiger partial charge >= 0.3 is 6.03 Å². The van der Waals surface area contributed by atoms with E-state index in [4.69, 9.17) is 0 Å². The Hall–Kier alpha value is -1.36. The summed E-state index contributed by atoms with van der Waals surface area (Å²) in [5.41, 5.74) is 0.253. The van der Waals surface area contributed by atoms with Crippen molar-refractivity contribution in [1.82, 2.24) is 10.2 Å². The molecule has 0 bridgehead atoms. The summed E-state index contributed by atoms with van der Waals surface area (Å²) in [4.78, 5) is 26.8. The second-order valence-electron chi connectivity index (χ2n) is 4.50. The van der Waals surface area contributed by atoms with Crippen LogP contribution in [0, 0.1) is 0 Å². The van der Waals surface area contributed by atoms with E-state index in [1.165, 1.54) is 9.78 Å². The minimum absolute atomic E-state index is 0.0793. The van der Waals surface area contributed by atoms with Crippen molar-refractivity contribution in [2.45, 2.75) is 31.7 Å². The van der Waals surface area contributed by atoms with Crippen molar-refractivity contribution < 1.29 is 9.59 Å². The summed E-state index contributed by atoms with van der Waals surface area (Å²) >= 11 is 1.68. The third-order valence-corrected chi connectivity index (χ3v) is 4.63. The van der Waals surface area contributed by atoms with Crippen LogP contribution in [0.1, 0.15) is 30.2 Å². The third kappa shape index (κ3) is 1.29. The lowest BCUT2D eigenvalue weighted by Gasteiger charge is -2.31. The Morgan fingerprint density at radius 3 is 3.06 bits per heavy atom. The van der Waals surface area contributed by atoms with Crippen LogP contribution in [-0.2, 0) is 16.8 Å². The van der Waals surface area contributed by atoms with Gasteiger partial charge in [0.05, 0.1) is 0 Å². The molecule has 0 aromatic carbocycles. The van der Waals surface area contributed by atoms with E-state index < -0.39 is 5.54 Å². The zero-order valence-electron chi connectivity index (χ0n) is 9.66.